The predicted molar refractivity (Wildman–Crippen MR) is 127 cm³/mol. The molecule has 2 aromatic heterocycles. The molecule has 5 aromatic rings. The van der Waals surface area contributed by atoms with Crippen molar-refractivity contribution in [3.05, 3.63) is 96.8 Å². The normalized spacial score (nSPS) is 10.8. The molecule has 3 aromatic carbocycles. The van der Waals surface area contributed by atoms with Gasteiger partial charge in [0.25, 0.3) is 0 Å². The largest absolute Gasteiger partial charge is 0.356 e. The Hall–Kier alpha value is -3.70. The van der Waals surface area contributed by atoms with Crippen molar-refractivity contribution in [2.24, 2.45) is 0 Å². The summed E-state index contributed by atoms with van der Waals surface area (Å²) >= 11 is 1.69. The maximum atomic E-state index is 4.66. The summed E-state index contributed by atoms with van der Waals surface area (Å²) < 4.78 is 0. The summed E-state index contributed by atoms with van der Waals surface area (Å²) in [7, 11) is 0. The van der Waals surface area contributed by atoms with Gasteiger partial charge in [-0.25, -0.2) is 9.97 Å². The Labute approximate surface area is 179 Å². The van der Waals surface area contributed by atoms with Crippen LogP contribution in [0.3, 0.4) is 0 Å². The van der Waals surface area contributed by atoms with Gasteiger partial charge in [-0.2, -0.15) is 0 Å². The van der Waals surface area contributed by atoms with Gasteiger partial charge in [0.15, 0.2) is 0 Å². The van der Waals surface area contributed by atoms with E-state index in [4.69, 9.17) is 0 Å². The zero-order chi connectivity index (χ0) is 20.3. The van der Waals surface area contributed by atoms with Gasteiger partial charge in [0.1, 0.15) is 16.5 Å². The van der Waals surface area contributed by atoms with Crippen molar-refractivity contribution in [1.82, 2.24) is 9.97 Å². The number of para-hydroxylation sites is 1. The van der Waals surface area contributed by atoms with Gasteiger partial charge >= 0.3 is 0 Å². The lowest BCUT2D eigenvalue weighted by Gasteiger charge is -2.10. The Bertz CT molecular complexity index is 1280. The van der Waals surface area contributed by atoms with E-state index in [1.807, 2.05) is 43.3 Å². The van der Waals surface area contributed by atoms with E-state index in [1.54, 1.807) is 11.3 Å². The number of hydrogen-bond donors (Lipinski definition) is 2. The van der Waals surface area contributed by atoms with Crippen LogP contribution in [0.1, 0.15) is 5.82 Å². The van der Waals surface area contributed by atoms with E-state index in [1.165, 1.54) is 10.4 Å². The topological polar surface area (TPSA) is 49.8 Å². The van der Waals surface area contributed by atoms with Crippen LogP contribution in [-0.2, 0) is 0 Å². The third-order valence-corrected chi connectivity index (χ3v) is 5.85. The molecule has 0 amide bonds. The molecular weight excluding hydrogens is 388 g/mol. The second-order valence-corrected chi connectivity index (χ2v) is 8.04. The second-order valence-electron chi connectivity index (χ2n) is 7.01. The Morgan fingerprint density at radius 3 is 1.97 bits per heavy atom. The molecule has 30 heavy (non-hydrogen) atoms. The Balaban J connectivity index is 1.42. The molecule has 0 spiro atoms. The number of benzene rings is 3. The van der Waals surface area contributed by atoms with E-state index < -0.39 is 0 Å². The fraction of sp³-hybridized carbons (Fsp3) is 0.0400. The van der Waals surface area contributed by atoms with Crippen molar-refractivity contribution in [2.75, 3.05) is 10.6 Å². The molecule has 5 rings (SSSR count). The fourth-order valence-corrected chi connectivity index (χ4v) is 4.41. The number of aryl methyl sites for hydroxylation is 1. The Morgan fingerprint density at radius 1 is 0.667 bits per heavy atom. The number of aromatic nitrogens is 2. The van der Waals surface area contributed by atoms with Gasteiger partial charge in [0.05, 0.1) is 5.39 Å². The van der Waals surface area contributed by atoms with Gasteiger partial charge in [-0.05, 0) is 55.0 Å². The van der Waals surface area contributed by atoms with Crippen LogP contribution in [0.2, 0.25) is 0 Å². The van der Waals surface area contributed by atoms with E-state index in [0.29, 0.717) is 0 Å². The smallest absolute Gasteiger partial charge is 0.142 e. The fourth-order valence-electron chi connectivity index (χ4n) is 3.33. The molecule has 0 bridgehead atoms. The first-order chi connectivity index (χ1) is 14.7. The monoisotopic (exact) mass is 408 g/mol. The van der Waals surface area contributed by atoms with Crippen LogP contribution in [0.5, 0.6) is 0 Å². The highest BCUT2D eigenvalue weighted by Gasteiger charge is 2.12. The minimum Gasteiger partial charge on any atom is -0.356 e. The van der Waals surface area contributed by atoms with Crippen molar-refractivity contribution in [1.29, 1.82) is 0 Å². The van der Waals surface area contributed by atoms with Crippen molar-refractivity contribution in [3.63, 3.8) is 0 Å². The van der Waals surface area contributed by atoms with Gasteiger partial charge in [0, 0.05) is 21.9 Å². The number of nitrogens with zero attached hydrogens (tertiary/aromatic N) is 2. The molecular formula is C25H20N4S. The molecule has 0 saturated heterocycles. The molecule has 2 heterocycles. The first-order valence-corrected chi connectivity index (χ1v) is 10.6. The Kier molecular flexibility index (Phi) is 4.87. The lowest BCUT2D eigenvalue weighted by molar-refractivity contribution is 1.10. The molecule has 0 unspecified atom stereocenters. The summed E-state index contributed by atoms with van der Waals surface area (Å²) in [5, 5.41) is 7.91. The van der Waals surface area contributed by atoms with Crippen molar-refractivity contribution in [3.8, 4) is 10.4 Å². The third-order valence-electron chi connectivity index (χ3n) is 4.77. The van der Waals surface area contributed by atoms with E-state index in [2.05, 4.69) is 75.2 Å². The van der Waals surface area contributed by atoms with Crippen LogP contribution in [0.4, 0.5) is 22.9 Å². The van der Waals surface area contributed by atoms with E-state index in [9.17, 15) is 0 Å². The molecule has 4 nitrogen and oxygen atoms in total. The Morgan fingerprint density at radius 2 is 1.27 bits per heavy atom. The molecule has 0 aliphatic heterocycles. The van der Waals surface area contributed by atoms with Crippen molar-refractivity contribution < 1.29 is 0 Å². The lowest BCUT2D eigenvalue weighted by atomic mass is 10.2. The molecule has 0 fully saturated rings. The number of nitrogens with one attached hydrogen (secondary N) is 2. The van der Waals surface area contributed by atoms with Gasteiger partial charge in [-0.15, -0.1) is 11.3 Å². The molecule has 0 radical (unpaired) electrons. The highest BCUT2D eigenvalue weighted by atomic mass is 32.1. The van der Waals surface area contributed by atoms with Crippen LogP contribution in [0.15, 0.2) is 91.0 Å². The molecule has 0 aliphatic carbocycles. The zero-order valence-electron chi connectivity index (χ0n) is 16.5. The minimum absolute atomic E-state index is 0.758. The van der Waals surface area contributed by atoms with Gasteiger partial charge < -0.3 is 10.6 Å². The maximum Gasteiger partial charge on any atom is 0.142 e. The lowest BCUT2D eigenvalue weighted by Crippen LogP contribution is -1.98. The van der Waals surface area contributed by atoms with Gasteiger partial charge in [-0.3, -0.25) is 0 Å². The highest BCUT2D eigenvalue weighted by molar-refractivity contribution is 7.21. The van der Waals surface area contributed by atoms with Crippen LogP contribution < -0.4 is 10.6 Å². The molecule has 146 valence electrons. The standard InChI is InChI=1S/C25H20N4S/c1-17-26-24(22-16-23(30-25(22)27-17)18-8-4-2-5-9-18)29-21-14-12-20(13-15-21)28-19-10-6-3-7-11-19/h2-16,28H,1H3,(H,26,27,29). The second kappa shape index (κ2) is 7.97. The predicted octanol–water partition coefficient (Wildman–Crippen LogP) is 7.15. The van der Waals surface area contributed by atoms with E-state index in [0.717, 1.165) is 38.9 Å². The van der Waals surface area contributed by atoms with Crippen LogP contribution in [0, 0.1) is 6.92 Å². The van der Waals surface area contributed by atoms with Gasteiger partial charge in [-0.1, -0.05) is 48.5 Å². The number of rotatable bonds is 5. The van der Waals surface area contributed by atoms with E-state index in [-0.39, 0.29) is 0 Å². The average Bonchev–Trinajstić information content (AvgIpc) is 3.21. The molecule has 2 N–H and O–H groups in total. The summed E-state index contributed by atoms with van der Waals surface area (Å²) in [5.41, 5.74) is 4.29. The summed E-state index contributed by atoms with van der Waals surface area (Å²) in [5.74, 6) is 1.59. The zero-order valence-corrected chi connectivity index (χ0v) is 17.3. The minimum atomic E-state index is 0.758. The summed E-state index contributed by atoms with van der Waals surface area (Å²) in [6, 6.07) is 30.9. The highest BCUT2D eigenvalue weighted by Crippen LogP contribution is 2.36. The van der Waals surface area contributed by atoms with Crippen LogP contribution >= 0.6 is 11.3 Å². The number of anilines is 4. The third kappa shape index (κ3) is 3.88. The SMILES string of the molecule is Cc1nc(Nc2ccc(Nc3ccccc3)cc2)c2cc(-c3ccccc3)sc2n1. The molecule has 0 aliphatic rings. The van der Waals surface area contributed by atoms with Crippen molar-refractivity contribution in [2.45, 2.75) is 6.92 Å². The van der Waals surface area contributed by atoms with E-state index >= 15 is 0 Å². The first kappa shape index (κ1) is 18.3. The molecule has 0 atom stereocenters. The number of fused-ring (bicyclic) bond motifs is 1. The summed E-state index contributed by atoms with van der Waals surface area (Å²) in [6.07, 6.45) is 0. The number of hydrogen-bond acceptors (Lipinski definition) is 5. The molecule has 0 saturated carbocycles. The average molecular weight is 409 g/mol. The maximum absolute atomic E-state index is 4.66. The van der Waals surface area contributed by atoms with Crippen LogP contribution in [-0.4, -0.2) is 9.97 Å². The van der Waals surface area contributed by atoms with Gasteiger partial charge in [0.2, 0.25) is 0 Å². The summed E-state index contributed by atoms with van der Waals surface area (Å²) in [6.45, 7) is 1.93. The molecule has 5 heteroatoms. The van der Waals surface area contributed by atoms with Crippen LogP contribution in [0.25, 0.3) is 20.7 Å². The summed E-state index contributed by atoms with van der Waals surface area (Å²) in [4.78, 5) is 11.5. The first-order valence-electron chi connectivity index (χ1n) is 9.77. The van der Waals surface area contributed by atoms with Crippen molar-refractivity contribution >= 4 is 44.4 Å². The number of thiophene rings is 1. The quantitative estimate of drug-likeness (QED) is 0.324.